The summed E-state index contributed by atoms with van der Waals surface area (Å²) in [5.41, 5.74) is 3.99. The molecular formula is C17H16BrIN2O2. The summed E-state index contributed by atoms with van der Waals surface area (Å²) in [5.74, 6) is -0.322. The molecule has 4 nitrogen and oxygen atoms in total. The Labute approximate surface area is 160 Å². The number of hydrogen-bond acceptors (Lipinski definition) is 2. The molecule has 0 spiro atoms. The van der Waals surface area contributed by atoms with E-state index < -0.39 is 0 Å². The maximum atomic E-state index is 11.6. The number of aromatic amines is 1. The van der Waals surface area contributed by atoms with Crippen LogP contribution in [0.15, 0.2) is 47.2 Å². The highest BCUT2D eigenvalue weighted by Crippen LogP contribution is 2.28. The van der Waals surface area contributed by atoms with Crippen molar-refractivity contribution in [3.05, 3.63) is 64.0 Å². The summed E-state index contributed by atoms with van der Waals surface area (Å²) in [5, 5.41) is 1.19. The molecule has 0 radical (unpaired) electrons. The van der Waals surface area contributed by atoms with Crippen LogP contribution in [0.4, 0.5) is 0 Å². The number of H-pyrrole nitrogens is 1. The summed E-state index contributed by atoms with van der Waals surface area (Å²) < 4.78 is 7.79. The molecule has 1 aromatic carbocycles. The van der Waals surface area contributed by atoms with Crippen LogP contribution in [0.1, 0.15) is 21.6 Å². The summed E-state index contributed by atoms with van der Waals surface area (Å²) in [6, 6.07) is 9.87. The van der Waals surface area contributed by atoms with E-state index in [1.807, 2.05) is 36.0 Å². The number of esters is 1. The summed E-state index contributed by atoms with van der Waals surface area (Å²) in [6.45, 7) is 0. The van der Waals surface area contributed by atoms with E-state index >= 15 is 0 Å². The van der Waals surface area contributed by atoms with Gasteiger partial charge in [0, 0.05) is 27.6 Å². The Balaban J connectivity index is 0.00000192. The number of hydrogen-bond donors (Lipinski definition) is 1. The first kappa shape index (κ1) is 17.9. The van der Waals surface area contributed by atoms with Gasteiger partial charge in [-0.2, -0.15) is 0 Å². The fourth-order valence-electron chi connectivity index (χ4n) is 2.60. The molecule has 3 rings (SSSR count). The van der Waals surface area contributed by atoms with Crippen LogP contribution < -0.4 is 28.5 Å². The van der Waals surface area contributed by atoms with E-state index in [0.717, 1.165) is 22.1 Å². The average Bonchev–Trinajstić information content (AvgIpc) is 2.93. The van der Waals surface area contributed by atoms with E-state index in [4.69, 9.17) is 4.74 Å². The van der Waals surface area contributed by atoms with Crippen molar-refractivity contribution >= 4 is 32.8 Å². The zero-order chi connectivity index (χ0) is 15.7. The van der Waals surface area contributed by atoms with Gasteiger partial charge < -0.3 is 33.7 Å². The molecule has 0 fully saturated rings. The molecule has 2 heterocycles. The van der Waals surface area contributed by atoms with Crippen molar-refractivity contribution in [2.75, 3.05) is 7.11 Å². The number of aryl methyl sites for hydroxylation is 1. The smallest absolute Gasteiger partial charge is 0.343 e. The summed E-state index contributed by atoms with van der Waals surface area (Å²) in [6.07, 6.45) is 4.61. The van der Waals surface area contributed by atoms with Gasteiger partial charge in [0.15, 0.2) is 11.9 Å². The maximum absolute atomic E-state index is 11.6. The Morgan fingerprint density at radius 1 is 1.30 bits per heavy atom. The molecule has 0 saturated heterocycles. The molecule has 6 heteroatoms. The van der Waals surface area contributed by atoms with Gasteiger partial charge >= 0.3 is 5.97 Å². The van der Waals surface area contributed by atoms with Crippen molar-refractivity contribution in [3.63, 3.8) is 0 Å². The zero-order valence-electron chi connectivity index (χ0n) is 12.8. The number of methoxy groups -OCH3 is 1. The predicted octanol–water partition coefficient (Wildman–Crippen LogP) is 0.136. The van der Waals surface area contributed by atoms with Crippen LogP contribution in [0.2, 0.25) is 0 Å². The van der Waals surface area contributed by atoms with Crippen LogP contribution in [0.5, 0.6) is 0 Å². The molecule has 0 unspecified atom stereocenters. The first-order valence-corrected chi connectivity index (χ1v) is 7.71. The second kappa shape index (κ2) is 7.44. The highest BCUT2D eigenvalue weighted by Gasteiger charge is 2.16. The lowest BCUT2D eigenvalue weighted by Crippen LogP contribution is -3.00. The van der Waals surface area contributed by atoms with E-state index in [-0.39, 0.29) is 29.9 Å². The zero-order valence-corrected chi connectivity index (χ0v) is 16.5. The van der Waals surface area contributed by atoms with E-state index in [0.29, 0.717) is 5.56 Å². The van der Waals surface area contributed by atoms with Gasteiger partial charge in [-0.15, -0.1) is 0 Å². The van der Waals surface area contributed by atoms with Crippen LogP contribution in [0.3, 0.4) is 0 Å². The van der Waals surface area contributed by atoms with Gasteiger partial charge in [0.2, 0.25) is 0 Å². The van der Waals surface area contributed by atoms with E-state index in [2.05, 4.69) is 27.0 Å². The fraction of sp³-hybridized carbons (Fsp3) is 0.176. The van der Waals surface area contributed by atoms with Gasteiger partial charge in [-0.3, -0.25) is 0 Å². The van der Waals surface area contributed by atoms with E-state index in [1.54, 1.807) is 12.3 Å². The van der Waals surface area contributed by atoms with Crippen LogP contribution >= 0.6 is 15.9 Å². The average molecular weight is 487 g/mol. The highest BCUT2D eigenvalue weighted by atomic mass is 127. The Kier molecular flexibility index (Phi) is 5.80. The van der Waals surface area contributed by atoms with Crippen LogP contribution in [-0.4, -0.2) is 18.1 Å². The Morgan fingerprint density at radius 2 is 2.09 bits per heavy atom. The summed E-state index contributed by atoms with van der Waals surface area (Å²) in [7, 11) is 3.32. The largest absolute Gasteiger partial charge is 1.00 e. The molecule has 0 atom stereocenters. The van der Waals surface area contributed by atoms with Crippen molar-refractivity contribution in [1.29, 1.82) is 0 Å². The first-order chi connectivity index (χ1) is 10.6. The molecule has 3 aromatic rings. The van der Waals surface area contributed by atoms with Gasteiger partial charge in [0.25, 0.3) is 0 Å². The SMILES string of the molecule is COC(=O)c1ccc(Cc2c[nH]c3cccc(Br)c23)[n+](C)c1.[I-]. The highest BCUT2D eigenvalue weighted by molar-refractivity contribution is 9.10. The Morgan fingerprint density at radius 3 is 2.78 bits per heavy atom. The number of rotatable bonds is 3. The number of ether oxygens (including phenoxy) is 1. The number of fused-ring (bicyclic) bond motifs is 1. The number of halogens is 2. The third-order valence-corrected chi connectivity index (χ3v) is 4.43. The number of benzene rings is 1. The molecule has 0 amide bonds. The lowest BCUT2D eigenvalue weighted by atomic mass is 10.1. The monoisotopic (exact) mass is 486 g/mol. The predicted molar refractivity (Wildman–Crippen MR) is 87.8 cm³/mol. The molecule has 0 saturated carbocycles. The number of pyridine rings is 1. The van der Waals surface area contributed by atoms with Gasteiger partial charge in [0.1, 0.15) is 12.6 Å². The van der Waals surface area contributed by atoms with Gasteiger partial charge in [-0.25, -0.2) is 9.36 Å². The second-order valence-electron chi connectivity index (χ2n) is 5.16. The minimum Gasteiger partial charge on any atom is -1.00 e. The second-order valence-corrected chi connectivity index (χ2v) is 6.02. The number of aromatic nitrogens is 2. The lowest BCUT2D eigenvalue weighted by molar-refractivity contribution is -0.678. The standard InChI is InChI=1S/C17H16BrN2O2.HI/c1-20-10-11(17(21)22-2)6-7-13(20)8-12-9-19-15-5-3-4-14(18)16(12)15;/h3-7,9-10,19H,8H2,1-2H3;1H/q+1;/p-1. The minimum atomic E-state index is -0.322. The van der Waals surface area contributed by atoms with Crippen molar-refractivity contribution < 1.29 is 38.1 Å². The molecule has 0 bridgehead atoms. The number of carbonyl (C=O) groups excluding carboxylic acids is 1. The fourth-order valence-corrected chi connectivity index (χ4v) is 3.22. The molecular weight excluding hydrogens is 471 g/mol. The summed E-state index contributed by atoms with van der Waals surface area (Å²) >= 11 is 3.61. The van der Waals surface area contributed by atoms with E-state index in [9.17, 15) is 4.79 Å². The molecule has 23 heavy (non-hydrogen) atoms. The van der Waals surface area contributed by atoms with Crippen LogP contribution in [-0.2, 0) is 18.2 Å². The van der Waals surface area contributed by atoms with Crippen LogP contribution in [0.25, 0.3) is 10.9 Å². The number of nitrogens with zero attached hydrogens (tertiary/aromatic N) is 1. The molecule has 120 valence electrons. The molecule has 0 aliphatic carbocycles. The molecule has 0 aliphatic heterocycles. The third kappa shape index (κ3) is 3.58. The minimum absolute atomic E-state index is 0. The Hall–Kier alpha value is -1.41. The van der Waals surface area contributed by atoms with Gasteiger partial charge in [-0.1, -0.05) is 22.0 Å². The normalized spacial score (nSPS) is 10.4. The summed E-state index contributed by atoms with van der Waals surface area (Å²) in [4.78, 5) is 14.9. The van der Waals surface area contributed by atoms with Crippen molar-refractivity contribution in [2.24, 2.45) is 7.05 Å². The van der Waals surface area contributed by atoms with Gasteiger partial charge in [-0.05, 0) is 23.8 Å². The maximum Gasteiger partial charge on any atom is 0.343 e. The van der Waals surface area contributed by atoms with Crippen molar-refractivity contribution in [2.45, 2.75) is 6.42 Å². The van der Waals surface area contributed by atoms with E-state index in [1.165, 1.54) is 18.1 Å². The lowest BCUT2D eigenvalue weighted by Gasteiger charge is -2.03. The molecule has 1 N–H and O–H groups in total. The first-order valence-electron chi connectivity index (χ1n) is 6.91. The quantitative estimate of drug-likeness (QED) is 0.325. The van der Waals surface area contributed by atoms with Crippen molar-refractivity contribution in [1.82, 2.24) is 4.98 Å². The van der Waals surface area contributed by atoms with Gasteiger partial charge in [0.05, 0.1) is 13.5 Å². The number of carbonyl (C=O) groups is 1. The van der Waals surface area contributed by atoms with Crippen LogP contribution in [0, 0.1) is 0 Å². The molecule has 2 aromatic heterocycles. The Bertz CT molecular complexity index is 861. The number of nitrogens with one attached hydrogen (secondary N) is 1. The molecule has 0 aliphatic rings. The topological polar surface area (TPSA) is 46.0 Å². The van der Waals surface area contributed by atoms with Crippen molar-refractivity contribution in [3.8, 4) is 0 Å². The third-order valence-electron chi connectivity index (χ3n) is 3.77.